The van der Waals surface area contributed by atoms with Gasteiger partial charge in [0.05, 0.1) is 6.54 Å². The second-order valence-electron chi connectivity index (χ2n) is 10.3. The predicted octanol–water partition coefficient (Wildman–Crippen LogP) is 5.48. The summed E-state index contributed by atoms with van der Waals surface area (Å²) in [5.41, 5.74) is -0.247. The fourth-order valence-corrected chi connectivity index (χ4v) is 3.63. The molecule has 0 aliphatic rings. The van der Waals surface area contributed by atoms with Crippen molar-refractivity contribution >= 4 is 14.3 Å². The first kappa shape index (κ1) is 25.6. The van der Waals surface area contributed by atoms with Gasteiger partial charge in [-0.15, -0.1) is 0 Å². The van der Waals surface area contributed by atoms with Crippen molar-refractivity contribution in [3.63, 3.8) is 0 Å². The van der Waals surface area contributed by atoms with Gasteiger partial charge in [0.15, 0.2) is 8.32 Å². The summed E-state index contributed by atoms with van der Waals surface area (Å²) in [4.78, 5) is 14.1. The van der Waals surface area contributed by atoms with E-state index in [2.05, 4.69) is 52.6 Å². The standard InChI is InChI=1S/C21H45NO3Si/c1-12-21(13-2,17-24-26(10,11)20(6,7)8)14-15-22(9)16-18(23)25-19(3,4)5/h12-17H2,1-11H3. The van der Waals surface area contributed by atoms with Crippen molar-refractivity contribution in [3.8, 4) is 0 Å². The summed E-state index contributed by atoms with van der Waals surface area (Å²) in [5.74, 6) is -0.156. The van der Waals surface area contributed by atoms with Crippen LogP contribution in [0, 0.1) is 5.41 Å². The van der Waals surface area contributed by atoms with Crippen LogP contribution in [0.4, 0.5) is 0 Å². The minimum atomic E-state index is -1.74. The molecule has 4 nitrogen and oxygen atoms in total. The zero-order valence-corrected chi connectivity index (χ0v) is 20.4. The summed E-state index contributed by atoms with van der Waals surface area (Å²) in [6, 6.07) is 0. The molecule has 0 heterocycles. The molecule has 0 aliphatic heterocycles. The van der Waals surface area contributed by atoms with E-state index in [9.17, 15) is 4.79 Å². The molecule has 0 saturated carbocycles. The molecule has 156 valence electrons. The molecule has 0 aromatic rings. The van der Waals surface area contributed by atoms with Gasteiger partial charge in [0, 0.05) is 6.61 Å². The molecule has 0 aromatic carbocycles. The van der Waals surface area contributed by atoms with Crippen LogP contribution in [0.3, 0.4) is 0 Å². The zero-order valence-electron chi connectivity index (χ0n) is 19.4. The Kier molecular flexibility index (Phi) is 9.55. The van der Waals surface area contributed by atoms with Crippen molar-refractivity contribution in [2.75, 3.05) is 26.7 Å². The Bertz CT molecular complexity index is 432. The SMILES string of the molecule is CCC(CC)(CCN(C)CC(=O)OC(C)(C)C)CO[Si](C)(C)C(C)(C)C. The van der Waals surface area contributed by atoms with Gasteiger partial charge in [-0.2, -0.15) is 0 Å². The van der Waals surface area contributed by atoms with Gasteiger partial charge in [0.2, 0.25) is 0 Å². The number of rotatable bonds is 10. The van der Waals surface area contributed by atoms with Crippen molar-refractivity contribution in [1.29, 1.82) is 0 Å². The summed E-state index contributed by atoms with van der Waals surface area (Å²) < 4.78 is 12.0. The van der Waals surface area contributed by atoms with Crippen LogP contribution in [-0.4, -0.2) is 51.5 Å². The Morgan fingerprint density at radius 3 is 1.88 bits per heavy atom. The molecule has 5 heteroatoms. The quantitative estimate of drug-likeness (QED) is 0.367. The molecule has 0 bridgehead atoms. The highest BCUT2D eigenvalue weighted by Crippen LogP contribution is 2.39. The second kappa shape index (κ2) is 9.70. The first-order chi connectivity index (χ1) is 11.6. The van der Waals surface area contributed by atoms with Crippen LogP contribution < -0.4 is 0 Å². The average molecular weight is 388 g/mol. The topological polar surface area (TPSA) is 38.8 Å². The van der Waals surface area contributed by atoms with E-state index in [4.69, 9.17) is 9.16 Å². The molecule has 0 fully saturated rings. The molecule has 0 rings (SSSR count). The predicted molar refractivity (Wildman–Crippen MR) is 114 cm³/mol. The third kappa shape index (κ3) is 9.00. The number of carbonyl (C=O) groups is 1. The van der Waals surface area contributed by atoms with Crippen molar-refractivity contribution in [2.45, 2.75) is 98.4 Å². The maximum Gasteiger partial charge on any atom is 0.320 e. The van der Waals surface area contributed by atoms with Crippen molar-refractivity contribution in [1.82, 2.24) is 4.90 Å². The van der Waals surface area contributed by atoms with E-state index in [0.717, 1.165) is 32.4 Å². The van der Waals surface area contributed by atoms with E-state index in [0.29, 0.717) is 6.54 Å². The highest BCUT2D eigenvalue weighted by atomic mass is 28.4. The van der Waals surface area contributed by atoms with E-state index in [1.165, 1.54) is 0 Å². The minimum Gasteiger partial charge on any atom is -0.459 e. The summed E-state index contributed by atoms with van der Waals surface area (Å²) in [7, 11) is 0.251. The fraction of sp³-hybridized carbons (Fsp3) is 0.952. The van der Waals surface area contributed by atoms with E-state index in [-0.39, 0.29) is 16.4 Å². The van der Waals surface area contributed by atoms with E-state index >= 15 is 0 Å². The Balaban J connectivity index is 4.74. The highest BCUT2D eigenvalue weighted by molar-refractivity contribution is 6.74. The Hall–Kier alpha value is -0.393. The number of esters is 1. The lowest BCUT2D eigenvalue weighted by atomic mass is 9.80. The van der Waals surface area contributed by atoms with Crippen LogP contribution in [0.2, 0.25) is 18.1 Å². The van der Waals surface area contributed by atoms with Gasteiger partial charge in [-0.05, 0) is 77.2 Å². The minimum absolute atomic E-state index is 0.156. The number of ether oxygens (including phenoxy) is 1. The monoisotopic (exact) mass is 387 g/mol. The maximum atomic E-state index is 12.0. The summed E-state index contributed by atoms with van der Waals surface area (Å²) in [6.45, 7) is 23.7. The Morgan fingerprint density at radius 2 is 1.50 bits per heavy atom. The third-order valence-corrected chi connectivity index (χ3v) is 10.4. The highest BCUT2D eigenvalue weighted by Gasteiger charge is 2.39. The third-order valence-electron chi connectivity index (χ3n) is 5.89. The van der Waals surface area contributed by atoms with Crippen molar-refractivity contribution in [2.24, 2.45) is 5.41 Å². The first-order valence-corrected chi connectivity index (χ1v) is 13.0. The number of hydrogen-bond donors (Lipinski definition) is 0. The van der Waals surface area contributed by atoms with Crippen LogP contribution in [-0.2, 0) is 14.0 Å². The van der Waals surface area contributed by atoms with Crippen LogP contribution in [0.15, 0.2) is 0 Å². The second-order valence-corrected chi connectivity index (χ2v) is 15.1. The van der Waals surface area contributed by atoms with Gasteiger partial charge in [-0.25, -0.2) is 0 Å². The molecule has 0 atom stereocenters. The molecule has 0 unspecified atom stereocenters. The average Bonchev–Trinajstić information content (AvgIpc) is 2.45. The number of hydrogen-bond acceptors (Lipinski definition) is 4. The molecule has 0 aromatic heterocycles. The van der Waals surface area contributed by atoms with Gasteiger partial charge < -0.3 is 9.16 Å². The summed E-state index contributed by atoms with van der Waals surface area (Å²) in [5, 5.41) is 0.230. The Labute approximate surface area is 164 Å². The van der Waals surface area contributed by atoms with Gasteiger partial charge in [0.25, 0.3) is 0 Å². The fourth-order valence-electron chi connectivity index (χ4n) is 2.53. The van der Waals surface area contributed by atoms with Gasteiger partial charge in [-0.3, -0.25) is 9.69 Å². The molecule has 0 spiro atoms. The molecule has 26 heavy (non-hydrogen) atoms. The molecule has 0 N–H and O–H groups in total. The lowest BCUT2D eigenvalue weighted by Gasteiger charge is -2.41. The molecule has 0 radical (unpaired) electrons. The number of nitrogens with zero attached hydrogens (tertiary/aromatic N) is 1. The zero-order chi connectivity index (χ0) is 20.8. The summed E-state index contributed by atoms with van der Waals surface area (Å²) in [6.07, 6.45) is 3.23. The Morgan fingerprint density at radius 1 is 1.00 bits per heavy atom. The van der Waals surface area contributed by atoms with Crippen LogP contribution in [0.5, 0.6) is 0 Å². The molecule has 0 aliphatic carbocycles. The molecular weight excluding hydrogens is 342 g/mol. The van der Waals surface area contributed by atoms with Crippen molar-refractivity contribution < 1.29 is 14.0 Å². The number of carbonyl (C=O) groups excluding carboxylic acids is 1. The lowest BCUT2D eigenvalue weighted by molar-refractivity contribution is -0.155. The van der Waals surface area contributed by atoms with E-state index in [1.807, 2.05) is 27.8 Å². The van der Waals surface area contributed by atoms with E-state index < -0.39 is 13.9 Å². The van der Waals surface area contributed by atoms with Gasteiger partial charge in [-0.1, -0.05) is 34.6 Å². The normalized spacial score (nSPS) is 14.0. The van der Waals surface area contributed by atoms with E-state index in [1.54, 1.807) is 0 Å². The lowest BCUT2D eigenvalue weighted by Crippen LogP contribution is -2.44. The smallest absolute Gasteiger partial charge is 0.320 e. The first-order valence-electron chi connectivity index (χ1n) is 10.1. The van der Waals surface area contributed by atoms with Gasteiger partial charge in [0.1, 0.15) is 5.60 Å². The molecule has 0 amide bonds. The van der Waals surface area contributed by atoms with Gasteiger partial charge >= 0.3 is 5.97 Å². The number of likely N-dealkylation sites (N-methyl/N-ethyl adjacent to an activating group) is 1. The van der Waals surface area contributed by atoms with Crippen molar-refractivity contribution in [3.05, 3.63) is 0 Å². The molecule has 0 saturated heterocycles. The summed E-state index contributed by atoms with van der Waals surface area (Å²) >= 11 is 0. The molecular formula is C21H45NO3Si. The van der Waals surface area contributed by atoms with Crippen LogP contribution in [0.1, 0.15) is 74.7 Å². The maximum absolute atomic E-state index is 12.0. The van der Waals surface area contributed by atoms with Crippen LogP contribution >= 0.6 is 0 Å². The largest absolute Gasteiger partial charge is 0.459 e. The van der Waals surface area contributed by atoms with Crippen LogP contribution in [0.25, 0.3) is 0 Å².